The van der Waals surface area contributed by atoms with Crippen molar-refractivity contribution in [2.24, 2.45) is 0 Å². The van der Waals surface area contributed by atoms with Crippen LogP contribution in [0.5, 0.6) is 5.75 Å². The number of aromatic hydroxyl groups is 1. The van der Waals surface area contributed by atoms with Crippen molar-refractivity contribution in [3.05, 3.63) is 46.0 Å². The molecule has 0 saturated carbocycles. The molecule has 0 fully saturated rings. The minimum Gasteiger partial charge on any atom is -0.507 e. The van der Waals surface area contributed by atoms with Gasteiger partial charge in [-0.15, -0.1) is 0 Å². The summed E-state index contributed by atoms with van der Waals surface area (Å²) in [6.07, 6.45) is 0. The number of hydrogen-bond donors (Lipinski definition) is 2. The minimum absolute atomic E-state index is 0.0268. The Morgan fingerprint density at radius 3 is 2.16 bits per heavy atom. The van der Waals surface area contributed by atoms with E-state index in [1.807, 2.05) is 20.8 Å². The molecule has 0 radical (unpaired) electrons. The van der Waals surface area contributed by atoms with Gasteiger partial charge in [-0.05, 0) is 42.2 Å². The molecule has 0 atom stereocenters. The van der Waals surface area contributed by atoms with E-state index >= 15 is 0 Å². The number of alkyl halides is 3. The van der Waals surface area contributed by atoms with Gasteiger partial charge in [0.2, 0.25) is 0 Å². The van der Waals surface area contributed by atoms with Crippen LogP contribution in [0.2, 0.25) is 5.02 Å². The Labute approximate surface area is 189 Å². The van der Waals surface area contributed by atoms with Gasteiger partial charge in [-0.2, -0.15) is 13.2 Å². The van der Waals surface area contributed by atoms with E-state index in [0.29, 0.717) is 11.1 Å². The fourth-order valence-electron chi connectivity index (χ4n) is 3.06. The number of rotatable bonds is 4. The van der Waals surface area contributed by atoms with Gasteiger partial charge >= 0.3 is 5.51 Å². The summed E-state index contributed by atoms with van der Waals surface area (Å²) in [6, 6.07) is 4.22. The molecule has 1 amide bonds. The molecule has 2 N–H and O–H groups in total. The van der Waals surface area contributed by atoms with Gasteiger partial charge in [0.25, 0.3) is 15.7 Å². The van der Waals surface area contributed by atoms with Crippen molar-refractivity contribution < 1.29 is 31.5 Å². The summed E-state index contributed by atoms with van der Waals surface area (Å²) < 4.78 is 62.3. The molecular weight excluding hydrogens is 469 g/mol. The van der Waals surface area contributed by atoms with E-state index in [4.69, 9.17) is 11.6 Å². The summed E-state index contributed by atoms with van der Waals surface area (Å²) in [5.74, 6) is -1.01. The molecule has 0 unspecified atom stereocenters. The predicted octanol–water partition coefficient (Wildman–Crippen LogP) is 5.26. The highest BCUT2D eigenvalue weighted by atomic mass is 35.5. The normalized spacial score (nSPS) is 12.6. The first-order valence-corrected chi connectivity index (χ1v) is 11.2. The van der Waals surface area contributed by atoms with Gasteiger partial charge in [0, 0.05) is 24.7 Å². The zero-order valence-electron chi connectivity index (χ0n) is 18.3. The number of benzene rings is 2. The lowest BCUT2D eigenvalue weighted by atomic mass is 9.84. The van der Waals surface area contributed by atoms with Crippen molar-refractivity contribution in [3.8, 4) is 5.75 Å². The third-order valence-electron chi connectivity index (χ3n) is 4.85. The number of anilines is 2. The quantitative estimate of drug-likeness (QED) is 0.607. The maximum absolute atomic E-state index is 13.1. The molecular formula is C21H24ClF3N2O4S. The Kier molecular flexibility index (Phi) is 6.83. The van der Waals surface area contributed by atoms with Crippen molar-refractivity contribution in [3.63, 3.8) is 0 Å². The molecule has 32 heavy (non-hydrogen) atoms. The summed E-state index contributed by atoms with van der Waals surface area (Å²) in [5, 5.41) is 13.6. The van der Waals surface area contributed by atoms with Crippen LogP contribution in [0.15, 0.2) is 29.2 Å². The fraction of sp³-hybridized carbons (Fsp3) is 0.381. The van der Waals surface area contributed by atoms with Gasteiger partial charge in [-0.1, -0.05) is 32.4 Å². The third kappa shape index (κ3) is 4.80. The number of hydrogen-bond acceptors (Lipinski definition) is 5. The molecule has 2 rings (SSSR count). The molecule has 2 aromatic carbocycles. The fourth-order valence-corrected chi connectivity index (χ4v) is 4.04. The summed E-state index contributed by atoms with van der Waals surface area (Å²) in [7, 11) is -2.61. The number of carbonyl (C=O) groups is 1. The van der Waals surface area contributed by atoms with E-state index in [0.717, 1.165) is 18.2 Å². The smallest absolute Gasteiger partial charge is 0.501 e. The molecule has 11 heteroatoms. The maximum Gasteiger partial charge on any atom is 0.501 e. The lowest BCUT2D eigenvalue weighted by Gasteiger charge is -2.24. The van der Waals surface area contributed by atoms with Gasteiger partial charge in [-0.25, -0.2) is 8.42 Å². The van der Waals surface area contributed by atoms with Crippen molar-refractivity contribution in [1.82, 2.24) is 0 Å². The minimum atomic E-state index is -5.57. The number of phenolic OH excluding ortho intramolecular Hbond substituents is 1. The lowest BCUT2D eigenvalue weighted by Crippen LogP contribution is -2.24. The Bertz CT molecular complexity index is 1170. The zero-order chi connectivity index (χ0) is 24.8. The van der Waals surface area contributed by atoms with Crippen LogP contribution < -0.4 is 10.2 Å². The van der Waals surface area contributed by atoms with Gasteiger partial charge in [0.05, 0.1) is 21.8 Å². The molecule has 0 bridgehead atoms. The van der Waals surface area contributed by atoms with E-state index in [-0.39, 0.29) is 27.7 Å². The molecule has 0 aliphatic carbocycles. The number of phenols is 1. The van der Waals surface area contributed by atoms with Crippen LogP contribution in [0.3, 0.4) is 0 Å². The number of sulfone groups is 1. The van der Waals surface area contributed by atoms with Crippen LogP contribution in [0.4, 0.5) is 24.5 Å². The first-order valence-electron chi connectivity index (χ1n) is 9.36. The van der Waals surface area contributed by atoms with E-state index in [1.54, 1.807) is 13.0 Å². The molecule has 2 aromatic rings. The standard InChI is InChI=1S/C21H24ClF3N2O4S/c1-11-14(22)10-13(20(2,3)4)18(28)17(11)19(29)26-15-8-7-12(9-16(15)27(5)6)32(30,31)21(23,24)25/h7-10,28H,1-6H3,(H,26,29). The highest BCUT2D eigenvalue weighted by Crippen LogP contribution is 2.40. The molecule has 0 aliphatic heterocycles. The van der Waals surface area contributed by atoms with Gasteiger partial charge in [0.15, 0.2) is 0 Å². The van der Waals surface area contributed by atoms with Crippen molar-refractivity contribution >= 4 is 38.7 Å². The summed E-state index contributed by atoms with van der Waals surface area (Å²) >= 11 is 6.27. The SMILES string of the molecule is Cc1c(Cl)cc(C(C)(C)C)c(O)c1C(=O)Nc1ccc(S(=O)(=O)C(F)(F)F)cc1N(C)C. The first-order chi connectivity index (χ1) is 14.4. The maximum atomic E-state index is 13.1. The second-order valence-electron chi connectivity index (χ2n) is 8.48. The second kappa shape index (κ2) is 8.47. The molecule has 0 spiro atoms. The highest BCUT2D eigenvalue weighted by molar-refractivity contribution is 7.92. The number of halogens is 4. The summed E-state index contributed by atoms with van der Waals surface area (Å²) in [6.45, 7) is 7.05. The zero-order valence-corrected chi connectivity index (χ0v) is 19.9. The highest BCUT2D eigenvalue weighted by Gasteiger charge is 2.47. The molecule has 6 nitrogen and oxygen atoms in total. The summed E-state index contributed by atoms with van der Waals surface area (Å²) in [4.78, 5) is 13.5. The molecule has 0 aliphatic rings. The van der Waals surface area contributed by atoms with Crippen molar-refractivity contribution in [1.29, 1.82) is 0 Å². The Balaban J connectivity index is 2.59. The van der Waals surface area contributed by atoms with Crippen LogP contribution in [0.1, 0.15) is 42.3 Å². The van der Waals surface area contributed by atoms with Crippen LogP contribution >= 0.6 is 11.6 Å². The van der Waals surface area contributed by atoms with Gasteiger partial charge in [-0.3, -0.25) is 4.79 Å². The number of amides is 1. The molecule has 0 heterocycles. The number of nitrogens with zero attached hydrogens (tertiary/aromatic N) is 1. The van der Waals surface area contributed by atoms with Crippen molar-refractivity contribution in [2.45, 2.75) is 43.5 Å². The Morgan fingerprint density at radius 2 is 1.69 bits per heavy atom. The molecule has 0 saturated heterocycles. The van der Waals surface area contributed by atoms with Crippen LogP contribution in [0, 0.1) is 6.92 Å². The average Bonchev–Trinajstić information content (AvgIpc) is 2.62. The van der Waals surface area contributed by atoms with E-state index in [2.05, 4.69) is 5.32 Å². The molecule has 0 aromatic heterocycles. The van der Waals surface area contributed by atoms with E-state index in [9.17, 15) is 31.5 Å². The topological polar surface area (TPSA) is 86.7 Å². The average molecular weight is 493 g/mol. The van der Waals surface area contributed by atoms with Crippen LogP contribution in [-0.2, 0) is 15.3 Å². The van der Waals surface area contributed by atoms with Gasteiger partial charge in [0.1, 0.15) is 5.75 Å². The Hall–Kier alpha value is -2.46. The predicted molar refractivity (Wildman–Crippen MR) is 119 cm³/mol. The van der Waals surface area contributed by atoms with Crippen molar-refractivity contribution in [2.75, 3.05) is 24.3 Å². The molecule has 176 valence electrons. The monoisotopic (exact) mass is 492 g/mol. The second-order valence-corrected chi connectivity index (χ2v) is 10.8. The third-order valence-corrected chi connectivity index (χ3v) is 6.72. The van der Waals surface area contributed by atoms with Crippen LogP contribution in [0.25, 0.3) is 0 Å². The van der Waals surface area contributed by atoms with Gasteiger partial charge < -0.3 is 15.3 Å². The van der Waals surface area contributed by atoms with E-state index < -0.39 is 31.6 Å². The van der Waals surface area contributed by atoms with E-state index in [1.165, 1.54) is 19.0 Å². The number of carbonyl (C=O) groups excluding carboxylic acids is 1. The first kappa shape index (κ1) is 25.8. The lowest BCUT2D eigenvalue weighted by molar-refractivity contribution is -0.0436. The number of nitrogens with one attached hydrogen (secondary N) is 1. The van der Waals surface area contributed by atoms with Crippen LogP contribution in [-0.4, -0.2) is 39.0 Å². The summed E-state index contributed by atoms with van der Waals surface area (Å²) in [5.41, 5.74) is -5.24. The Morgan fingerprint density at radius 1 is 1.12 bits per heavy atom. The largest absolute Gasteiger partial charge is 0.507 e.